The van der Waals surface area contributed by atoms with Crippen molar-refractivity contribution in [2.24, 2.45) is 11.5 Å². The van der Waals surface area contributed by atoms with Gasteiger partial charge in [0.05, 0.1) is 11.1 Å². The van der Waals surface area contributed by atoms with E-state index < -0.39 is 5.91 Å². The topological polar surface area (TPSA) is 87.6 Å². The summed E-state index contributed by atoms with van der Waals surface area (Å²) >= 11 is 3.39. The monoisotopic (exact) mass is 316 g/mol. The van der Waals surface area contributed by atoms with Crippen LogP contribution in [-0.2, 0) is 11.2 Å². The highest BCUT2D eigenvalue weighted by Crippen LogP contribution is 2.37. The minimum Gasteiger partial charge on any atom is -0.490 e. The molecule has 0 aromatic heterocycles. The Bertz CT molecular complexity index is 424. The molecular weight excluding hydrogens is 300 g/mol. The largest absolute Gasteiger partial charge is 0.490 e. The van der Waals surface area contributed by atoms with E-state index in [0.717, 1.165) is 16.5 Å². The highest BCUT2D eigenvalue weighted by Gasteiger charge is 2.13. The lowest BCUT2D eigenvalue weighted by Gasteiger charge is -2.14. The quantitative estimate of drug-likeness (QED) is 0.791. The number of primary amides is 1. The maximum atomic E-state index is 10.7. The summed E-state index contributed by atoms with van der Waals surface area (Å²) in [5, 5.41) is 0. The molecule has 100 valence electrons. The first-order valence-corrected chi connectivity index (χ1v) is 6.44. The van der Waals surface area contributed by atoms with Gasteiger partial charge in [-0.1, -0.05) is 0 Å². The molecule has 0 saturated heterocycles. The number of rotatable bonds is 7. The zero-order valence-electron chi connectivity index (χ0n) is 10.2. The van der Waals surface area contributed by atoms with E-state index in [4.69, 9.17) is 20.9 Å². The van der Waals surface area contributed by atoms with E-state index in [1.165, 1.54) is 0 Å². The molecule has 1 rings (SSSR count). The minimum absolute atomic E-state index is 0.186. The van der Waals surface area contributed by atoms with Gasteiger partial charge in [-0.05, 0) is 53.5 Å². The Morgan fingerprint density at radius 1 is 1.39 bits per heavy atom. The summed E-state index contributed by atoms with van der Waals surface area (Å²) in [4.78, 5) is 10.7. The predicted molar refractivity (Wildman–Crippen MR) is 72.8 cm³/mol. The number of carbonyl (C=O) groups excluding carboxylic acids is 1. The average Bonchev–Trinajstić information content (AvgIpc) is 2.28. The highest BCUT2D eigenvalue weighted by atomic mass is 79.9. The SMILES string of the molecule is CCOc1cc(CCN)cc(Br)c1OCC(N)=O. The van der Waals surface area contributed by atoms with Crippen LogP contribution in [0.1, 0.15) is 12.5 Å². The molecule has 0 saturated carbocycles. The molecule has 0 aliphatic rings. The van der Waals surface area contributed by atoms with Crippen molar-refractivity contribution >= 4 is 21.8 Å². The van der Waals surface area contributed by atoms with Crippen molar-refractivity contribution in [3.8, 4) is 11.5 Å². The van der Waals surface area contributed by atoms with Crippen LogP contribution in [0.3, 0.4) is 0 Å². The van der Waals surface area contributed by atoms with Crippen LogP contribution in [0, 0.1) is 0 Å². The fourth-order valence-electron chi connectivity index (χ4n) is 1.48. The standard InChI is InChI=1S/C12H17BrN2O3/c1-2-17-10-6-8(3-4-14)5-9(13)12(10)18-7-11(15)16/h5-6H,2-4,7,14H2,1H3,(H2,15,16). The molecule has 0 heterocycles. The molecule has 1 amide bonds. The van der Waals surface area contributed by atoms with E-state index >= 15 is 0 Å². The summed E-state index contributed by atoms with van der Waals surface area (Å²) in [6.45, 7) is 2.75. The molecule has 0 fully saturated rings. The first-order valence-electron chi connectivity index (χ1n) is 5.64. The second kappa shape index (κ2) is 7.23. The Kier molecular flexibility index (Phi) is 5.94. The van der Waals surface area contributed by atoms with Crippen LogP contribution in [0.2, 0.25) is 0 Å². The lowest BCUT2D eigenvalue weighted by Crippen LogP contribution is -2.20. The summed E-state index contributed by atoms with van der Waals surface area (Å²) in [5.41, 5.74) is 11.6. The molecule has 4 N–H and O–H groups in total. The molecule has 1 aromatic carbocycles. The maximum Gasteiger partial charge on any atom is 0.255 e. The van der Waals surface area contributed by atoms with Crippen molar-refractivity contribution in [2.45, 2.75) is 13.3 Å². The van der Waals surface area contributed by atoms with Crippen molar-refractivity contribution in [1.29, 1.82) is 0 Å². The van der Waals surface area contributed by atoms with Crippen LogP contribution in [0.5, 0.6) is 11.5 Å². The summed E-state index contributed by atoms with van der Waals surface area (Å²) in [6.07, 6.45) is 0.745. The van der Waals surface area contributed by atoms with Gasteiger partial charge in [-0.25, -0.2) is 0 Å². The van der Waals surface area contributed by atoms with Crippen molar-refractivity contribution in [3.05, 3.63) is 22.2 Å². The molecule has 18 heavy (non-hydrogen) atoms. The first kappa shape index (κ1) is 14.8. The molecule has 5 nitrogen and oxygen atoms in total. The Morgan fingerprint density at radius 3 is 2.67 bits per heavy atom. The zero-order chi connectivity index (χ0) is 13.5. The summed E-state index contributed by atoms with van der Waals surface area (Å²) < 4.78 is 11.5. The third kappa shape index (κ3) is 4.19. The van der Waals surface area contributed by atoms with Gasteiger partial charge in [0, 0.05) is 0 Å². The molecule has 0 atom stereocenters. The summed E-state index contributed by atoms with van der Waals surface area (Å²) in [6, 6.07) is 3.75. The fraction of sp³-hybridized carbons (Fsp3) is 0.417. The first-order chi connectivity index (χ1) is 8.58. The number of amides is 1. The lowest BCUT2D eigenvalue weighted by atomic mass is 10.1. The van der Waals surface area contributed by atoms with Gasteiger partial charge in [0.25, 0.3) is 5.91 Å². The van der Waals surface area contributed by atoms with Gasteiger partial charge in [-0.2, -0.15) is 0 Å². The molecule has 0 radical (unpaired) electrons. The van der Waals surface area contributed by atoms with Gasteiger partial charge in [-0.15, -0.1) is 0 Å². The van der Waals surface area contributed by atoms with Gasteiger partial charge >= 0.3 is 0 Å². The maximum absolute atomic E-state index is 10.7. The van der Waals surface area contributed by atoms with Gasteiger partial charge in [0.1, 0.15) is 0 Å². The van der Waals surface area contributed by atoms with E-state index in [0.29, 0.717) is 24.7 Å². The lowest BCUT2D eigenvalue weighted by molar-refractivity contribution is -0.119. The molecule has 0 unspecified atom stereocenters. The Hall–Kier alpha value is -1.27. The second-order valence-corrected chi connectivity index (χ2v) is 4.49. The molecule has 0 bridgehead atoms. The van der Waals surface area contributed by atoms with Crippen LogP contribution in [0.25, 0.3) is 0 Å². The predicted octanol–water partition coefficient (Wildman–Crippen LogP) is 1.21. The number of hydrogen-bond donors (Lipinski definition) is 2. The summed E-state index contributed by atoms with van der Waals surface area (Å²) in [5.74, 6) is 0.531. The zero-order valence-corrected chi connectivity index (χ0v) is 11.8. The molecule has 0 aliphatic heterocycles. The van der Waals surface area contributed by atoms with Crippen molar-refractivity contribution in [3.63, 3.8) is 0 Å². The Balaban J connectivity index is 3.01. The Labute approximate surface area is 115 Å². The van der Waals surface area contributed by atoms with Crippen LogP contribution < -0.4 is 20.9 Å². The number of nitrogens with two attached hydrogens (primary N) is 2. The van der Waals surface area contributed by atoms with Gasteiger partial charge in [0.2, 0.25) is 0 Å². The van der Waals surface area contributed by atoms with E-state index in [-0.39, 0.29) is 6.61 Å². The molecular formula is C12H17BrN2O3. The summed E-state index contributed by atoms with van der Waals surface area (Å²) in [7, 11) is 0. The van der Waals surface area contributed by atoms with Gasteiger partial charge in [0.15, 0.2) is 18.1 Å². The van der Waals surface area contributed by atoms with Crippen LogP contribution in [-0.4, -0.2) is 25.7 Å². The van der Waals surface area contributed by atoms with Crippen molar-refractivity contribution in [1.82, 2.24) is 0 Å². The number of halogens is 1. The molecule has 0 spiro atoms. The van der Waals surface area contributed by atoms with Crippen molar-refractivity contribution in [2.75, 3.05) is 19.8 Å². The van der Waals surface area contributed by atoms with E-state index in [1.54, 1.807) is 0 Å². The average molecular weight is 317 g/mol. The van der Waals surface area contributed by atoms with E-state index in [1.807, 2.05) is 19.1 Å². The van der Waals surface area contributed by atoms with Crippen LogP contribution in [0.4, 0.5) is 0 Å². The van der Waals surface area contributed by atoms with E-state index in [9.17, 15) is 4.79 Å². The molecule has 6 heteroatoms. The Morgan fingerprint density at radius 2 is 2.11 bits per heavy atom. The second-order valence-electron chi connectivity index (χ2n) is 3.63. The van der Waals surface area contributed by atoms with Crippen LogP contribution in [0.15, 0.2) is 16.6 Å². The fourth-order valence-corrected chi connectivity index (χ4v) is 2.08. The van der Waals surface area contributed by atoms with E-state index in [2.05, 4.69) is 15.9 Å². The third-order valence-electron chi connectivity index (χ3n) is 2.16. The number of hydrogen-bond acceptors (Lipinski definition) is 4. The number of carbonyl (C=O) groups is 1. The third-order valence-corrected chi connectivity index (χ3v) is 2.75. The normalized spacial score (nSPS) is 10.2. The molecule has 1 aromatic rings. The number of ether oxygens (including phenoxy) is 2. The van der Waals surface area contributed by atoms with Crippen LogP contribution >= 0.6 is 15.9 Å². The smallest absolute Gasteiger partial charge is 0.255 e. The van der Waals surface area contributed by atoms with Gasteiger partial charge in [-0.3, -0.25) is 4.79 Å². The number of benzene rings is 1. The molecule has 0 aliphatic carbocycles. The van der Waals surface area contributed by atoms with Gasteiger partial charge < -0.3 is 20.9 Å². The minimum atomic E-state index is -0.532. The van der Waals surface area contributed by atoms with Crippen molar-refractivity contribution < 1.29 is 14.3 Å². The highest BCUT2D eigenvalue weighted by molar-refractivity contribution is 9.10.